The van der Waals surface area contributed by atoms with Gasteiger partial charge in [0.25, 0.3) is 5.56 Å². The summed E-state index contributed by atoms with van der Waals surface area (Å²) in [6.45, 7) is 4.22. The highest BCUT2D eigenvalue weighted by molar-refractivity contribution is 7.92. The van der Waals surface area contributed by atoms with Gasteiger partial charge in [0.2, 0.25) is 0 Å². The van der Waals surface area contributed by atoms with E-state index in [1.54, 1.807) is 43.1 Å². The lowest BCUT2D eigenvalue weighted by molar-refractivity contribution is 0.606. The molecule has 6 nitrogen and oxygen atoms in total. The normalized spacial score (nSPS) is 12.3. The van der Waals surface area contributed by atoms with Crippen molar-refractivity contribution in [1.82, 2.24) is 14.1 Å². The maximum Gasteiger partial charge on any atom is 0.253 e. The highest BCUT2D eigenvalue weighted by Gasteiger charge is 2.17. The highest BCUT2D eigenvalue weighted by atomic mass is 32.2. The summed E-state index contributed by atoms with van der Waals surface area (Å²) in [7, 11) is 1.72. The van der Waals surface area contributed by atoms with Crippen molar-refractivity contribution in [2.75, 3.05) is 11.0 Å². The van der Waals surface area contributed by atoms with E-state index in [-0.39, 0.29) is 11.4 Å². The number of hydrogen-bond donors (Lipinski definition) is 1. The zero-order chi connectivity index (χ0) is 22.3. The van der Waals surface area contributed by atoms with Crippen molar-refractivity contribution in [2.24, 2.45) is 7.05 Å². The molecular formula is C23H23FN4O2S. The molecule has 2 aromatic heterocycles. The van der Waals surface area contributed by atoms with Gasteiger partial charge in [0, 0.05) is 25.4 Å². The van der Waals surface area contributed by atoms with E-state index in [0.29, 0.717) is 23.3 Å². The molecule has 4 aromatic rings. The second-order valence-electron chi connectivity index (χ2n) is 7.65. The van der Waals surface area contributed by atoms with Gasteiger partial charge in [-0.15, -0.1) is 0 Å². The van der Waals surface area contributed by atoms with Gasteiger partial charge >= 0.3 is 0 Å². The predicted molar refractivity (Wildman–Crippen MR) is 123 cm³/mol. The molecule has 2 heterocycles. The Labute approximate surface area is 182 Å². The molecule has 0 bridgehead atoms. The van der Waals surface area contributed by atoms with Crippen LogP contribution >= 0.6 is 0 Å². The summed E-state index contributed by atoms with van der Waals surface area (Å²) in [5.74, 6) is 0.512. The minimum Gasteiger partial charge on any atom is -0.593 e. The smallest absolute Gasteiger partial charge is 0.253 e. The van der Waals surface area contributed by atoms with Crippen LogP contribution in [0.3, 0.4) is 0 Å². The van der Waals surface area contributed by atoms with Gasteiger partial charge in [-0.25, -0.2) is 14.1 Å². The maximum absolute atomic E-state index is 13.3. The molecule has 0 radical (unpaired) electrons. The van der Waals surface area contributed by atoms with Crippen LogP contribution in [-0.2, 0) is 25.0 Å². The first-order valence-corrected chi connectivity index (χ1v) is 11.3. The van der Waals surface area contributed by atoms with E-state index < -0.39 is 11.4 Å². The van der Waals surface area contributed by atoms with Gasteiger partial charge in [0.1, 0.15) is 29.1 Å². The molecule has 0 saturated carbocycles. The number of aromatic nitrogens is 3. The first-order valence-electron chi connectivity index (χ1n) is 9.76. The van der Waals surface area contributed by atoms with Crippen molar-refractivity contribution in [3.05, 3.63) is 81.8 Å². The summed E-state index contributed by atoms with van der Waals surface area (Å²) in [4.78, 5) is 16.8. The molecule has 0 aliphatic rings. The van der Waals surface area contributed by atoms with Crippen LogP contribution in [0.25, 0.3) is 22.2 Å². The molecule has 8 heteroatoms. The first kappa shape index (κ1) is 21.1. The minimum absolute atomic E-state index is 0.0463. The number of fused-ring (bicyclic) bond motifs is 1. The van der Waals surface area contributed by atoms with Crippen molar-refractivity contribution in [1.29, 1.82) is 0 Å². The Balaban J connectivity index is 1.92. The van der Waals surface area contributed by atoms with Gasteiger partial charge in [-0.2, -0.15) is 0 Å². The van der Waals surface area contributed by atoms with E-state index in [1.165, 1.54) is 12.1 Å². The first-order chi connectivity index (χ1) is 14.7. The monoisotopic (exact) mass is 438 g/mol. The van der Waals surface area contributed by atoms with Crippen LogP contribution in [-0.4, -0.2) is 24.9 Å². The molecule has 0 amide bonds. The number of benzene rings is 2. The zero-order valence-corrected chi connectivity index (χ0v) is 18.6. The predicted octanol–water partition coefficient (Wildman–Crippen LogP) is 3.91. The standard InChI is InChI=1S/C23H23FN4O2S/c1-14-9-18(13-27(3)23(14)29)17-10-20(26-31(4)30)22-21(11-17)28(15(2)25-22)12-16-5-7-19(24)8-6-16/h5-11,13,26H,12H2,1-4H3/t31-/m0/s1. The lowest BCUT2D eigenvalue weighted by Gasteiger charge is -2.13. The molecule has 1 atom stereocenters. The summed E-state index contributed by atoms with van der Waals surface area (Å²) >= 11 is -1.28. The van der Waals surface area contributed by atoms with Crippen LogP contribution < -0.4 is 10.3 Å². The van der Waals surface area contributed by atoms with E-state index >= 15 is 0 Å². The lowest BCUT2D eigenvalue weighted by atomic mass is 10.0. The fourth-order valence-electron chi connectivity index (χ4n) is 3.75. The van der Waals surface area contributed by atoms with Crippen molar-refractivity contribution in [3.63, 3.8) is 0 Å². The summed E-state index contributed by atoms with van der Waals surface area (Å²) in [5.41, 5.74) is 5.51. The van der Waals surface area contributed by atoms with Crippen molar-refractivity contribution in [3.8, 4) is 11.1 Å². The van der Waals surface area contributed by atoms with Crippen LogP contribution in [0.15, 0.2) is 53.5 Å². The molecule has 160 valence electrons. The van der Waals surface area contributed by atoms with Gasteiger partial charge in [0.05, 0.1) is 16.9 Å². The molecule has 2 aromatic carbocycles. The van der Waals surface area contributed by atoms with Crippen LogP contribution in [0.5, 0.6) is 0 Å². The Bertz CT molecular complexity index is 1300. The van der Waals surface area contributed by atoms with Gasteiger partial charge in [0.15, 0.2) is 0 Å². The number of rotatable bonds is 5. The van der Waals surface area contributed by atoms with Crippen LogP contribution in [0, 0.1) is 19.7 Å². The summed E-state index contributed by atoms with van der Waals surface area (Å²) < 4.78 is 31.9. The molecule has 4 rings (SSSR count). The van der Waals surface area contributed by atoms with E-state index in [4.69, 9.17) is 4.98 Å². The Morgan fingerprint density at radius 3 is 2.48 bits per heavy atom. The average Bonchev–Trinajstić information content (AvgIpc) is 3.02. The second kappa shape index (κ2) is 8.20. The Kier molecular flexibility index (Phi) is 5.60. The Morgan fingerprint density at radius 2 is 1.84 bits per heavy atom. The topological polar surface area (TPSA) is 74.9 Å². The largest absolute Gasteiger partial charge is 0.593 e. The number of hydrogen-bond acceptors (Lipinski definition) is 4. The molecule has 0 aliphatic carbocycles. The SMILES string of the molecule is Cc1cc(-c2cc(N[S@+](C)[O-])c3nc(C)n(Cc4ccc(F)cc4)c3c2)cn(C)c1=O. The zero-order valence-electron chi connectivity index (χ0n) is 17.8. The van der Waals surface area contributed by atoms with Gasteiger partial charge in [-0.05, 0) is 60.9 Å². The number of nitrogens with one attached hydrogen (secondary N) is 1. The second-order valence-corrected chi connectivity index (χ2v) is 8.76. The average molecular weight is 439 g/mol. The summed E-state index contributed by atoms with van der Waals surface area (Å²) in [6.07, 6.45) is 3.36. The number of imidazole rings is 1. The molecule has 0 unspecified atom stereocenters. The van der Waals surface area contributed by atoms with E-state index in [1.807, 2.05) is 29.7 Å². The molecule has 31 heavy (non-hydrogen) atoms. The fourth-order valence-corrected chi connectivity index (χ4v) is 4.21. The number of aryl methyl sites for hydroxylation is 3. The van der Waals surface area contributed by atoms with Gasteiger partial charge in [-0.1, -0.05) is 12.1 Å². The number of pyridine rings is 1. The lowest BCUT2D eigenvalue weighted by Crippen LogP contribution is -2.18. The summed E-state index contributed by atoms with van der Waals surface area (Å²) in [5, 5.41) is 0. The minimum atomic E-state index is -1.28. The van der Waals surface area contributed by atoms with Crippen molar-refractivity contribution < 1.29 is 8.94 Å². The van der Waals surface area contributed by atoms with Crippen LogP contribution in [0.4, 0.5) is 10.1 Å². The third-order valence-corrected chi connectivity index (χ3v) is 5.76. The number of anilines is 1. The Morgan fingerprint density at radius 1 is 1.13 bits per heavy atom. The third-order valence-electron chi connectivity index (χ3n) is 5.25. The van der Waals surface area contributed by atoms with Crippen molar-refractivity contribution >= 4 is 28.1 Å². The number of halogens is 1. The fraction of sp³-hybridized carbons (Fsp3) is 0.217. The van der Waals surface area contributed by atoms with E-state index in [0.717, 1.165) is 28.0 Å². The molecule has 0 aliphatic heterocycles. The number of nitrogens with zero attached hydrogens (tertiary/aromatic N) is 3. The van der Waals surface area contributed by atoms with E-state index in [2.05, 4.69) is 4.72 Å². The molecule has 1 N–H and O–H groups in total. The van der Waals surface area contributed by atoms with Crippen molar-refractivity contribution in [2.45, 2.75) is 20.4 Å². The molecule has 0 saturated heterocycles. The van der Waals surface area contributed by atoms with Gasteiger partial charge < -0.3 is 13.7 Å². The maximum atomic E-state index is 13.3. The molecule has 0 spiro atoms. The van der Waals surface area contributed by atoms with Gasteiger partial charge in [-0.3, -0.25) is 4.79 Å². The Hall–Kier alpha value is -3.10. The summed E-state index contributed by atoms with van der Waals surface area (Å²) in [6, 6.07) is 12.1. The highest BCUT2D eigenvalue weighted by Crippen LogP contribution is 2.32. The molecule has 0 fully saturated rings. The third kappa shape index (κ3) is 4.22. The van der Waals surface area contributed by atoms with Crippen LogP contribution in [0.2, 0.25) is 0 Å². The van der Waals surface area contributed by atoms with Crippen LogP contribution in [0.1, 0.15) is 17.0 Å². The molecular weight excluding hydrogens is 415 g/mol. The quantitative estimate of drug-likeness (QED) is 0.480. The van der Waals surface area contributed by atoms with E-state index in [9.17, 15) is 13.7 Å².